The zero-order valence-corrected chi connectivity index (χ0v) is 20.5. The van der Waals surface area contributed by atoms with Gasteiger partial charge in [0.05, 0.1) is 7.11 Å². The van der Waals surface area contributed by atoms with Gasteiger partial charge < -0.3 is 15.0 Å². The number of benzene rings is 1. The van der Waals surface area contributed by atoms with Gasteiger partial charge in [0.2, 0.25) is 11.8 Å². The van der Waals surface area contributed by atoms with Crippen LogP contribution in [0.25, 0.3) is 0 Å². The molecule has 2 unspecified atom stereocenters. The molecule has 5 rings (SSSR count). The van der Waals surface area contributed by atoms with Gasteiger partial charge >= 0.3 is 0 Å². The van der Waals surface area contributed by atoms with E-state index in [1.165, 1.54) is 6.42 Å². The first-order valence-corrected chi connectivity index (χ1v) is 12.6. The first-order chi connectivity index (χ1) is 15.8. The molecule has 0 saturated heterocycles. The van der Waals surface area contributed by atoms with Crippen LogP contribution in [0.15, 0.2) is 36.4 Å². The molecule has 33 heavy (non-hydrogen) atoms. The van der Waals surface area contributed by atoms with E-state index in [1.807, 2.05) is 36.2 Å². The van der Waals surface area contributed by atoms with E-state index in [-0.39, 0.29) is 28.6 Å². The van der Waals surface area contributed by atoms with E-state index in [0.29, 0.717) is 30.3 Å². The first kappa shape index (κ1) is 22.5. The van der Waals surface area contributed by atoms with E-state index in [9.17, 15) is 9.59 Å². The lowest BCUT2D eigenvalue weighted by atomic mass is 9.47. The minimum Gasteiger partial charge on any atom is -0.497 e. The summed E-state index contributed by atoms with van der Waals surface area (Å²) in [7, 11) is 3.64. The molecule has 1 aromatic rings. The quantitative estimate of drug-likeness (QED) is 0.731. The molecule has 4 aliphatic rings. The molecule has 1 heterocycles. The van der Waals surface area contributed by atoms with Crippen LogP contribution >= 0.6 is 0 Å². The molecular formula is C28H38N2O3. The van der Waals surface area contributed by atoms with Crippen molar-refractivity contribution >= 4 is 11.8 Å². The van der Waals surface area contributed by atoms with E-state index in [0.717, 1.165) is 43.4 Å². The van der Waals surface area contributed by atoms with Crippen molar-refractivity contribution in [2.45, 2.75) is 65.0 Å². The molecule has 1 aliphatic heterocycles. The van der Waals surface area contributed by atoms with Gasteiger partial charge in [-0.15, -0.1) is 0 Å². The predicted molar refractivity (Wildman–Crippen MR) is 128 cm³/mol. The highest BCUT2D eigenvalue weighted by Gasteiger charge is 2.61. The minimum atomic E-state index is 0.0572. The third kappa shape index (κ3) is 3.50. The largest absolute Gasteiger partial charge is 0.497 e. The molecular weight excluding hydrogens is 412 g/mol. The Morgan fingerprint density at radius 1 is 1.09 bits per heavy atom. The van der Waals surface area contributed by atoms with Gasteiger partial charge in [-0.1, -0.05) is 32.1 Å². The Kier molecular flexibility index (Phi) is 5.57. The average molecular weight is 451 g/mol. The van der Waals surface area contributed by atoms with Crippen molar-refractivity contribution in [1.29, 1.82) is 0 Å². The number of hydrogen-bond donors (Lipinski definition) is 1. The van der Waals surface area contributed by atoms with E-state index in [4.69, 9.17) is 4.74 Å². The molecule has 3 aliphatic carbocycles. The Balaban J connectivity index is 1.29. The van der Waals surface area contributed by atoms with Crippen molar-refractivity contribution in [2.75, 3.05) is 14.2 Å². The highest BCUT2D eigenvalue weighted by atomic mass is 16.5. The van der Waals surface area contributed by atoms with Crippen LogP contribution in [0.2, 0.25) is 0 Å². The highest BCUT2D eigenvalue weighted by molar-refractivity contribution is 5.89. The van der Waals surface area contributed by atoms with Crippen molar-refractivity contribution in [3.8, 4) is 5.75 Å². The van der Waals surface area contributed by atoms with Gasteiger partial charge in [0.25, 0.3) is 0 Å². The number of ether oxygens (including phenoxy) is 1. The standard InChI is InChI=1S/C28H38N2O3/c1-27-15-13-22-20(9-12-24-28(22,2)16-14-25(31)30(24)3)21(27)10-11-23(27)26(32)29-17-18-5-7-19(33-4)8-6-18/h5-8,14,16,20-24H,9-13,15,17H2,1-4H3,(H,29,32)/t20-,21-,22+,23?,24?,27-,28+/m0/s1. The Morgan fingerprint density at radius 3 is 2.58 bits per heavy atom. The van der Waals surface area contributed by atoms with E-state index in [2.05, 4.69) is 25.2 Å². The maximum atomic E-state index is 13.3. The minimum absolute atomic E-state index is 0.0572. The first-order valence-electron chi connectivity index (χ1n) is 12.6. The molecule has 1 aromatic carbocycles. The van der Waals surface area contributed by atoms with E-state index >= 15 is 0 Å². The average Bonchev–Trinajstić information content (AvgIpc) is 3.18. The van der Waals surface area contributed by atoms with Crippen LogP contribution in [0.3, 0.4) is 0 Å². The van der Waals surface area contributed by atoms with Gasteiger partial charge in [-0.2, -0.15) is 0 Å². The summed E-state index contributed by atoms with van der Waals surface area (Å²) in [6.07, 6.45) is 10.7. The molecule has 5 heteroatoms. The molecule has 3 fully saturated rings. The SMILES string of the molecule is COc1ccc(CNC(=O)C2CC[C@H]3[C@@H]4CCC5N(C)C(=O)C=C[C@]5(C)[C@@H]4CC[C@]23C)cc1. The highest BCUT2D eigenvalue weighted by Crippen LogP contribution is 2.65. The molecule has 0 spiro atoms. The smallest absolute Gasteiger partial charge is 0.246 e. The molecule has 178 valence electrons. The van der Waals surface area contributed by atoms with E-state index in [1.54, 1.807) is 13.2 Å². The number of methoxy groups -OCH3 is 1. The topological polar surface area (TPSA) is 58.6 Å². The molecule has 0 aromatic heterocycles. The number of likely N-dealkylation sites (N-methyl/N-ethyl adjacent to an activating group) is 1. The molecule has 0 radical (unpaired) electrons. The number of rotatable bonds is 4. The van der Waals surface area contributed by atoms with Gasteiger partial charge in [0.1, 0.15) is 5.75 Å². The summed E-state index contributed by atoms with van der Waals surface area (Å²) in [5.41, 5.74) is 1.23. The predicted octanol–water partition coefficient (Wildman–Crippen LogP) is 4.57. The molecule has 0 bridgehead atoms. The summed E-state index contributed by atoms with van der Waals surface area (Å²) < 4.78 is 5.23. The van der Waals surface area contributed by atoms with Gasteiger partial charge in [0.15, 0.2) is 0 Å². The second-order valence-corrected chi connectivity index (χ2v) is 11.4. The van der Waals surface area contributed by atoms with Crippen molar-refractivity contribution in [3.05, 3.63) is 42.0 Å². The second-order valence-electron chi connectivity index (χ2n) is 11.4. The Morgan fingerprint density at radius 2 is 1.85 bits per heavy atom. The third-order valence-electron chi connectivity index (χ3n) is 10.1. The number of hydrogen-bond acceptors (Lipinski definition) is 3. The number of nitrogens with one attached hydrogen (secondary N) is 1. The molecule has 2 amide bonds. The maximum Gasteiger partial charge on any atom is 0.246 e. The van der Waals surface area contributed by atoms with Gasteiger partial charge in [0, 0.05) is 31.0 Å². The van der Waals surface area contributed by atoms with Gasteiger partial charge in [-0.05, 0) is 85.5 Å². The summed E-state index contributed by atoms with van der Waals surface area (Å²) in [4.78, 5) is 27.6. The molecule has 7 atom stereocenters. The van der Waals surface area contributed by atoms with E-state index < -0.39 is 0 Å². The zero-order valence-electron chi connectivity index (χ0n) is 20.5. The van der Waals surface area contributed by atoms with Crippen LogP contribution in [-0.2, 0) is 16.1 Å². The summed E-state index contributed by atoms with van der Waals surface area (Å²) in [6, 6.07) is 8.23. The molecule has 1 N–H and O–H groups in total. The van der Waals surface area contributed by atoms with Crippen LogP contribution in [0.1, 0.15) is 57.9 Å². The van der Waals surface area contributed by atoms with Gasteiger partial charge in [-0.25, -0.2) is 0 Å². The van der Waals surface area contributed by atoms with Crippen LogP contribution < -0.4 is 10.1 Å². The fraction of sp³-hybridized carbons (Fsp3) is 0.643. The van der Waals surface area contributed by atoms with Gasteiger partial charge in [-0.3, -0.25) is 9.59 Å². The fourth-order valence-corrected chi connectivity index (χ4v) is 8.22. The Bertz CT molecular complexity index is 956. The third-order valence-corrected chi connectivity index (χ3v) is 10.1. The van der Waals surface area contributed by atoms with Crippen LogP contribution in [0.4, 0.5) is 0 Å². The van der Waals surface area contributed by atoms with Crippen molar-refractivity contribution < 1.29 is 14.3 Å². The number of amides is 2. The summed E-state index contributed by atoms with van der Waals surface area (Å²) >= 11 is 0. The summed E-state index contributed by atoms with van der Waals surface area (Å²) in [6.45, 7) is 5.33. The monoisotopic (exact) mass is 450 g/mol. The molecule has 3 saturated carbocycles. The van der Waals surface area contributed by atoms with Crippen LogP contribution in [0, 0.1) is 34.5 Å². The number of fused-ring (bicyclic) bond motifs is 5. The summed E-state index contributed by atoms with van der Waals surface area (Å²) in [5.74, 6) is 3.14. The Hall–Kier alpha value is -2.30. The normalized spacial score (nSPS) is 39.5. The fourth-order valence-electron chi connectivity index (χ4n) is 8.22. The van der Waals surface area contributed by atoms with Crippen molar-refractivity contribution in [2.24, 2.45) is 34.5 Å². The lowest BCUT2D eigenvalue weighted by Gasteiger charge is -2.60. The van der Waals surface area contributed by atoms with Crippen LogP contribution in [0.5, 0.6) is 5.75 Å². The molecule has 5 nitrogen and oxygen atoms in total. The number of carbonyl (C=O) groups excluding carboxylic acids is 2. The summed E-state index contributed by atoms with van der Waals surface area (Å²) in [5, 5.41) is 3.24. The number of carbonyl (C=O) groups is 2. The lowest BCUT2D eigenvalue weighted by Crippen LogP contribution is -2.59. The second kappa shape index (κ2) is 8.18. The Labute approximate surface area is 197 Å². The van der Waals surface area contributed by atoms with Crippen molar-refractivity contribution in [3.63, 3.8) is 0 Å². The zero-order chi connectivity index (χ0) is 23.4. The lowest BCUT2D eigenvalue weighted by molar-refractivity contribution is -0.142. The number of nitrogens with zero attached hydrogens (tertiary/aromatic N) is 1. The van der Waals surface area contributed by atoms with Crippen LogP contribution in [-0.4, -0.2) is 36.9 Å². The van der Waals surface area contributed by atoms with Crippen molar-refractivity contribution in [1.82, 2.24) is 10.2 Å². The maximum absolute atomic E-state index is 13.3.